The van der Waals surface area contributed by atoms with Gasteiger partial charge in [-0.2, -0.15) is 0 Å². The van der Waals surface area contributed by atoms with Crippen molar-refractivity contribution in [2.45, 2.75) is 20.3 Å². The van der Waals surface area contributed by atoms with Crippen molar-refractivity contribution in [2.24, 2.45) is 11.8 Å². The van der Waals surface area contributed by atoms with Crippen LogP contribution in [0.15, 0.2) is 0 Å². The Kier molecular flexibility index (Phi) is 5.77. The van der Waals surface area contributed by atoms with Crippen LogP contribution in [0.1, 0.15) is 20.3 Å². The summed E-state index contributed by atoms with van der Waals surface area (Å²) in [6.45, 7) is 8.31. The van der Waals surface area contributed by atoms with Crippen LogP contribution in [0.3, 0.4) is 0 Å². The molecule has 1 aliphatic rings. The van der Waals surface area contributed by atoms with Gasteiger partial charge in [0.05, 0.1) is 13.2 Å². The van der Waals surface area contributed by atoms with Crippen molar-refractivity contribution in [1.82, 2.24) is 10.2 Å². The molecule has 4 nitrogen and oxygen atoms in total. The molecule has 4 heteroatoms. The third-order valence-corrected chi connectivity index (χ3v) is 2.94. The molecule has 0 spiro atoms. The van der Waals surface area contributed by atoms with Crippen LogP contribution < -0.4 is 5.32 Å². The van der Waals surface area contributed by atoms with E-state index in [0.29, 0.717) is 31.5 Å². The molecule has 0 aliphatic carbocycles. The Morgan fingerprint density at radius 2 is 2.00 bits per heavy atom. The van der Waals surface area contributed by atoms with Crippen LogP contribution in [-0.2, 0) is 9.53 Å². The Bertz CT molecular complexity index is 211. The van der Waals surface area contributed by atoms with E-state index in [4.69, 9.17) is 4.74 Å². The summed E-state index contributed by atoms with van der Waals surface area (Å²) >= 11 is 0. The van der Waals surface area contributed by atoms with Gasteiger partial charge < -0.3 is 10.1 Å². The molecule has 1 rings (SSSR count). The number of hydrogen-bond donors (Lipinski definition) is 1. The second-order valence-electron chi connectivity index (χ2n) is 4.98. The molecule has 0 aromatic rings. The number of piperidine rings is 1. The summed E-state index contributed by atoms with van der Waals surface area (Å²) in [6.07, 6.45) is 1.28. The average Bonchev–Trinajstić information content (AvgIpc) is 2.16. The van der Waals surface area contributed by atoms with Gasteiger partial charge in [0.2, 0.25) is 5.91 Å². The van der Waals surface area contributed by atoms with Crippen LogP contribution in [-0.4, -0.2) is 50.7 Å². The molecule has 1 fully saturated rings. The number of amides is 1. The zero-order valence-corrected chi connectivity index (χ0v) is 10.7. The summed E-state index contributed by atoms with van der Waals surface area (Å²) < 4.78 is 4.89. The van der Waals surface area contributed by atoms with Gasteiger partial charge in [-0.15, -0.1) is 0 Å². The number of carbonyl (C=O) groups excluding carboxylic acids is 1. The number of methoxy groups -OCH3 is 1. The number of hydrogen-bond acceptors (Lipinski definition) is 3. The fraction of sp³-hybridized carbons (Fsp3) is 0.917. The molecule has 16 heavy (non-hydrogen) atoms. The molecule has 94 valence electrons. The number of rotatable bonds is 5. The van der Waals surface area contributed by atoms with E-state index in [9.17, 15) is 4.79 Å². The molecule has 0 bridgehead atoms. The van der Waals surface area contributed by atoms with Crippen LogP contribution in [0, 0.1) is 11.8 Å². The maximum atomic E-state index is 11.6. The summed E-state index contributed by atoms with van der Waals surface area (Å²) in [4.78, 5) is 13.8. The van der Waals surface area contributed by atoms with Gasteiger partial charge in [-0.25, -0.2) is 0 Å². The van der Waals surface area contributed by atoms with Gasteiger partial charge in [0.25, 0.3) is 0 Å². The van der Waals surface area contributed by atoms with Crippen LogP contribution >= 0.6 is 0 Å². The summed E-state index contributed by atoms with van der Waals surface area (Å²) in [5.41, 5.74) is 0. The number of nitrogens with zero attached hydrogens (tertiary/aromatic N) is 1. The first-order chi connectivity index (χ1) is 7.61. The largest absolute Gasteiger partial charge is 0.383 e. The first-order valence-corrected chi connectivity index (χ1v) is 6.09. The maximum absolute atomic E-state index is 11.6. The standard InChI is InChI=1S/C12H24N2O2/c1-10-6-11(2)8-14(7-10)9-12(15)13-4-5-16-3/h10-11H,4-9H2,1-3H3,(H,13,15)/t10-,11-/m1/s1. The molecule has 2 atom stereocenters. The van der Waals surface area contributed by atoms with Gasteiger partial charge >= 0.3 is 0 Å². The smallest absolute Gasteiger partial charge is 0.234 e. The minimum atomic E-state index is 0.110. The molecule has 0 aromatic carbocycles. The molecule has 0 aromatic heterocycles. The van der Waals surface area contributed by atoms with Crippen molar-refractivity contribution < 1.29 is 9.53 Å². The number of likely N-dealkylation sites (tertiary alicyclic amines) is 1. The normalized spacial score (nSPS) is 26.7. The van der Waals surface area contributed by atoms with E-state index < -0.39 is 0 Å². The van der Waals surface area contributed by atoms with Crippen molar-refractivity contribution in [2.75, 3.05) is 39.9 Å². The van der Waals surface area contributed by atoms with E-state index in [1.807, 2.05) is 0 Å². The SMILES string of the molecule is COCCNC(=O)CN1C[C@H](C)C[C@@H](C)C1. The molecule has 1 saturated heterocycles. The van der Waals surface area contributed by atoms with Crippen molar-refractivity contribution in [3.63, 3.8) is 0 Å². The Labute approximate surface area is 98.3 Å². The first kappa shape index (κ1) is 13.5. The summed E-state index contributed by atoms with van der Waals surface area (Å²) in [5, 5.41) is 2.85. The predicted molar refractivity (Wildman–Crippen MR) is 64.3 cm³/mol. The molecule has 1 aliphatic heterocycles. The fourth-order valence-corrected chi connectivity index (χ4v) is 2.47. The first-order valence-electron chi connectivity index (χ1n) is 6.09. The van der Waals surface area contributed by atoms with Crippen LogP contribution in [0.25, 0.3) is 0 Å². The Balaban J connectivity index is 2.22. The Morgan fingerprint density at radius 3 is 2.56 bits per heavy atom. The molecular weight excluding hydrogens is 204 g/mol. The average molecular weight is 228 g/mol. The van der Waals surface area contributed by atoms with Crippen LogP contribution in [0.5, 0.6) is 0 Å². The monoisotopic (exact) mass is 228 g/mol. The molecule has 0 unspecified atom stereocenters. The number of nitrogens with one attached hydrogen (secondary N) is 1. The third-order valence-electron chi connectivity index (χ3n) is 2.94. The maximum Gasteiger partial charge on any atom is 0.234 e. The van der Waals surface area contributed by atoms with Gasteiger partial charge in [-0.1, -0.05) is 13.8 Å². The lowest BCUT2D eigenvalue weighted by atomic mass is 9.92. The number of ether oxygens (including phenoxy) is 1. The molecule has 1 N–H and O–H groups in total. The van der Waals surface area contributed by atoms with Crippen molar-refractivity contribution >= 4 is 5.91 Å². The third kappa shape index (κ3) is 4.94. The number of carbonyl (C=O) groups is 1. The lowest BCUT2D eigenvalue weighted by Crippen LogP contribution is -2.45. The minimum Gasteiger partial charge on any atom is -0.383 e. The summed E-state index contributed by atoms with van der Waals surface area (Å²) in [7, 11) is 1.64. The highest BCUT2D eigenvalue weighted by molar-refractivity contribution is 5.77. The highest BCUT2D eigenvalue weighted by atomic mass is 16.5. The molecule has 0 saturated carbocycles. The molecule has 1 heterocycles. The van der Waals surface area contributed by atoms with Crippen molar-refractivity contribution in [1.29, 1.82) is 0 Å². The minimum absolute atomic E-state index is 0.110. The highest BCUT2D eigenvalue weighted by Gasteiger charge is 2.22. The van der Waals surface area contributed by atoms with Crippen molar-refractivity contribution in [3.05, 3.63) is 0 Å². The van der Waals surface area contributed by atoms with Gasteiger partial charge in [-0.3, -0.25) is 9.69 Å². The topological polar surface area (TPSA) is 41.6 Å². The zero-order chi connectivity index (χ0) is 12.0. The predicted octanol–water partition coefficient (Wildman–Crippen LogP) is 0.727. The van der Waals surface area contributed by atoms with E-state index in [-0.39, 0.29) is 5.91 Å². The van der Waals surface area contributed by atoms with Gasteiger partial charge in [0.15, 0.2) is 0 Å². The fourth-order valence-electron chi connectivity index (χ4n) is 2.47. The van der Waals surface area contributed by atoms with E-state index in [0.717, 1.165) is 13.1 Å². The van der Waals surface area contributed by atoms with E-state index in [1.165, 1.54) is 6.42 Å². The van der Waals surface area contributed by atoms with E-state index in [1.54, 1.807) is 7.11 Å². The summed E-state index contributed by atoms with van der Waals surface area (Å²) in [6, 6.07) is 0. The van der Waals surface area contributed by atoms with Gasteiger partial charge in [-0.05, 0) is 18.3 Å². The Morgan fingerprint density at radius 1 is 1.38 bits per heavy atom. The molecular formula is C12H24N2O2. The molecule has 1 amide bonds. The van der Waals surface area contributed by atoms with E-state index in [2.05, 4.69) is 24.1 Å². The quantitative estimate of drug-likeness (QED) is 0.705. The zero-order valence-electron chi connectivity index (χ0n) is 10.7. The lowest BCUT2D eigenvalue weighted by Gasteiger charge is -2.34. The lowest BCUT2D eigenvalue weighted by molar-refractivity contribution is -0.123. The van der Waals surface area contributed by atoms with Gasteiger partial charge in [0, 0.05) is 26.7 Å². The van der Waals surface area contributed by atoms with Crippen LogP contribution in [0.4, 0.5) is 0 Å². The molecule has 0 radical (unpaired) electrons. The van der Waals surface area contributed by atoms with E-state index >= 15 is 0 Å². The van der Waals surface area contributed by atoms with Crippen LogP contribution in [0.2, 0.25) is 0 Å². The highest BCUT2D eigenvalue weighted by Crippen LogP contribution is 2.20. The van der Waals surface area contributed by atoms with Crippen molar-refractivity contribution in [3.8, 4) is 0 Å². The van der Waals surface area contributed by atoms with Gasteiger partial charge in [0.1, 0.15) is 0 Å². The second kappa shape index (κ2) is 6.86. The Hall–Kier alpha value is -0.610. The second-order valence-corrected chi connectivity index (χ2v) is 4.98. The summed E-state index contributed by atoms with van der Waals surface area (Å²) in [5.74, 6) is 1.52.